The van der Waals surface area contributed by atoms with Crippen molar-refractivity contribution in [1.82, 2.24) is 73.7 Å². The summed E-state index contributed by atoms with van der Waals surface area (Å²) >= 11 is 11.1. The SMILES string of the molecule is C.C.C.C.CS/C(N)=N\N.CSc1nccnn1.CSc1nccnn1.CSc1nncc(CS(=O)(=O)N2CCN(c3cnn(-c4cc(F)cc(F)c4)c(=O)c3OC3CCCC3)CC2)n1.I.O=CC=O.O=c1c(OC2CCCC2)c(N2CCN(S(=O)(=O)CCl)CC2)cnn1-c1cc(F)cc(F)c1. The van der Waals surface area contributed by atoms with Gasteiger partial charge in [0.25, 0.3) is 0 Å². The van der Waals surface area contributed by atoms with Crippen LogP contribution in [0.2, 0.25) is 0 Å². The van der Waals surface area contributed by atoms with E-state index in [9.17, 15) is 44.0 Å². The van der Waals surface area contributed by atoms with Crippen molar-refractivity contribution in [3.8, 4) is 22.9 Å². The molecule has 7 heterocycles. The molecule has 0 unspecified atom stereocenters. The number of benzene rings is 2. The van der Waals surface area contributed by atoms with Gasteiger partial charge in [-0.15, -0.1) is 50.9 Å². The number of piperazine rings is 2. The van der Waals surface area contributed by atoms with E-state index in [4.69, 9.17) is 42.2 Å². The zero-order valence-electron chi connectivity index (χ0n) is 53.1. The van der Waals surface area contributed by atoms with E-state index >= 15 is 0 Å². The fourth-order valence-electron chi connectivity index (χ4n) is 9.51. The van der Waals surface area contributed by atoms with Crippen molar-refractivity contribution in [3.05, 3.63) is 129 Å². The predicted molar refractivity (Wildman–Crippen MR) is 404 cm³/mol. The summed E-state index contributed by atoms with van der Waals surface area (Å²) in [5, 5.41) is 35.5. The molecule has 564 valence electrons. The average molecular weight is 1680 g/mol. The third-order valence-corrected chi connectivity index (χ3v) is 20.3. The van der Waals surface area contributed by atoms with Gasteiger partial charge in [-0.1, -0.05) is 76.8 Å². The molecule has 0 atom stereocenters. The molecule has 4 aliphatic rings. The van der Waals surface area contributed by atoms with Crippen molar-refractivity contribution in [1.29, 1.82) is 0 Å². The molecule has 2 aromatic carbocycles. The molecule has 0 radical (unpaired) electrons. The van der Waals surface area contributed by atoms with E-state index in [1.165, 1.54) is 74.2 Å². The topological polar surface area (TPSA) is 384 Å². The molecule has 30 nitrogen and oxygen atoms in total. The number of anilines is 2. The van der Waals surface area contributed by atoms with Gasteiger partial charge in [-0.25, -0.2) is 49.3 Å². The lowest BCUT2D eigenvalue weighted by Crippen LogP contribution is -2.49. The summed E-state index contributed by atoms with van der Waals surface area (Å²) in [5.41, 5.74) is 4.85. The molecule has 0 bridgehead atoms. The number of hydrazone groups is 1. The molecule has 11 rings (SSSR count). The van der Waals surface area contributed by atoms with Crippen LogP contribution in [0.25, 0.3) is 11.4 Å². The number of rotatable bonds is 17. The van der Waals surface area contributed by atoms with Crippen LogP contribution in [-0.4, -0.2) is 203 Å². The largest absolute Gasteiger partial charge is 0.483 e. The minimum absolute atomic E-state index is 0. The second-order valence-electron chi connectivity index (χ2n) is 20.3. The van der Waals surface area contributed by atoms with Crippen LogP contribution < -0.4 is 42.0 Å². The van der Waals surface area contributed by atoms with Crippen molar-refractivity contribution >= 4 is 132 Å². The number of alkyl halides is 1. The fraction of sp³-hybridized carbons (Fsp3) is 0.467. The highest BCUT2D eigenvalue weighted by Gasteiger charge is 2.33. The first-order valence-corrected chi connectivity index (χ1v) is 37.8. The summed E-state index contributed by atoms with van der Waals surface area (Å²) in [6.07, 6.45) is 25.2. The molecule has 2 aliphatic carbocycles. The number of aromatic nitrogens is 13. The Hall–Kier alpha value is -7.00. The molecule has 7 aromatic rings. The second-order valence-corrected chi connectivity index (χ2v) is 28.0. The minimum atomic E-state index is -3.67. The first-order valence-electron chi connectivity index (χ1n) is 29.2. The lowest BCUT2D eigenvalue weighted by Gasteiger charge is -2.36. The summed E-state index contributed by atoms with van der Waals surface area (Å²) in [6.45, 7) is 1.98. The van der Waals surface area contributed by atoms with E-state index in [-0.39, 0.29) is 146 Å². The molecular formula is C60H86ClF4IN20O10S6. The fourth-order valence-corrected chi connectivity index (χ4v) is 13.2. The van der Waals surface area contributed by atoms with Crippen LogP contribution in [0.3, 0.4) is 0 Å². The Labute approximate surface area is 630 Å². The minimum Gasteiger partial charge on any atom is -0.483 e. The molecule has 2 saturated heterocycles. The number of carbonyl (C=O) groups is 2. The van der Waals surface area contributed by atoms with E-state index in [0.717, 1.165) is 91.1 Å². The van der Waals surface area contributed by atoms with E-state index in [1.807, 2.05) is 28.6 Å². The van der Waals surface area contributed by atoms with E-state index < -0.39 is 59.6 Å². The normalized spacial score (nSPS) is 14.6. The van der Waals surface area contributed by atoms with Gasteiger partial charge >= 0.3 is 11.1 Å². The molecule has 2 saturated carbocycles. The van der Waals surface area contributed by atoms with Gasteiger partial charge in [-0.3, -0.25) is 19.2 Å². The smallest absolute Gasteiger partial charge is 0.316 e. The Balaban J connectivity index is 0.000000732. The van der Waals surface area contributed by atoms with E-state index in [1.54, 1.807) is 31.0 Å². The quantitative estimate of drug-likeness (QED) is 0.00829. The molecule has 4 N–H and O–H groups in total. The van der Waals surface area contributed by atoms with Crippen LogP contribution in [0.5, 0.6) is 11.5 Å². The molecule has 102 heavy (non-hydrogen) atoms. The maximum absolute atomic E-state index is 13.9. The Bertz CT molecular complexity index is 3980. The molecule has 0 spiro atoms. The Morgan fingerprint density at radius 1 is 0.578 bits per heavy atom. The number of sulfonamides is 2. The number of hydrogen-bond donors (Lipinski definition) is 2. The van der Waals surface area contributed by atoms with Crippen molar-refractivity contribution in [2.24, 2.45) is 16.7 Å². The standard InChI is InChI=1S/C24H27F2N7O4S2.C20H23ClF2N4O4S.2C4H5N3S.C2H7N3S.C2H2O2.4CH4.HI/c1-38-24-29-18(13-27-30-24)15-39(35,36)32-8-6-31(7-9-32)21-14-28-33(19-11-16(25)10-17(26)12-19)23(34)22(21)37-20-4-2-3-5-20;21-13-32(29,30)26-7-5-25(6-8-26)18-12-24-27(16-10-14(22)9-15(23)11-16)20(28)19(18)31-17-3-1-2-4-17;2*1-8-4-5-2-3-6-7-4;1-6-2(3)5-4;3-1-2-4;;;;;/h10-14,20H,2-9,15H2,1H3;9-12,17H,1-8,13H2;2*2-3H,1H3;4H2,1H3,(H2,3,5);1-2H;4*1H4;1H. The van der Waals surface area contributed by atoms with Gasteiger partial charge in [0.2, 0.25) is 47.0 Å². The van der Waals surface area contributed by atoms with Crippen molar-refractivity contribution < 1.29 is 53.5 Å². The van der Waals surface area contributed by atoms with Crippen LogP contribution in [0.4, 0.5) is 28.9 Å². The van der Waals surface area contributed by atoms with Crippen LogP contribution >= 0.6 is 82.6 Å². The van der Waals surface area contributed by atoms with Crippen LogP contribution in [0, 0.1) is 23.3 Å². The third kappa shape index (κ3) is 28.6. The summed E-state index contributed by atoms with van der Waals surface area (Å²) in [4.78, 5) is 60.1. The van der Waals surface area contributed by atoms with Gasteiger partial charge in [0.15, 0.2) is 17.7 Å². The maximum Gasteiger partial charge on any atom is 0.316 e. The average Bonchev–Trinajstić information content (AvgIpc) is 0.942. The third-order valence-electron chi connectivity index (χ3n) is 14.1. The highest BCUT2D eigenvalue weighted by Crippen LogP contribution is 2.33. The number of thioether (sulfide) groups is 4. The van der Waals surface area contributed by atoms with Crippen molar-refractivity contribution in [3.63, 3.8) is 0 Å². The van der Waals surface area contributed by atoms with Crippen LogP contribution in [0.15, 0.2) is 110 Å². The van der Waals surface area contributed by atoms with Gasteiger partial charge in [0.1, 0.15) is 45.6 Å². The number of hydrogen-bond acceptors (Lipinski definition) is 29. The van der Waals surface area contributed by atoms with Gasteiger partial charge in [0, 0.05) is 64.5 Å². The summed E-state index contributed by atoms with van der Waals surface area (Å²) in [7, 11) is -7.20. The number of aldehydes is 2. The highest BCUT2D eigenvalue weighted by molar-refractivity contribution is 14.0. The van der Waals surface area contributed by atoms with E-state index in [0.29, 0.717) is 56.9 Å². The summed E-state index contributed by atoms with van der Waals surface area (Å²) < 4.78 is 122. The lowest BCUT2D eigenvalue weighted by atomic mass is 10.2. The molecule has 5 aromatic heterocycles. The molecular weight excluding hydrogens is 1590 g/mol. The zero-order valence-corrected chi connectivity index (χ0v) is 61.1. The molecule has 0 amide bonds. The Morgan fingerprint density at radius 2 is 0.951 bits per heavy atom. The number of ether oxygens (including phenoxy) is 2. The van der Waals surface area contributed by atoms with Gasteiger partial charge in [0.05, 0.1) is 72.7 Å². The van der Waals surface area contributed by atoms with Gasteiger partial charge in [-0.2, -0.15) is 48.6 Å². The number of halogens is 6. The zero-order chi connectivity index (χ0) is 70.5. The number of amidine groups is 1. The Morgan fingerprint density at radius 3 is 1.25 bits per heavy atom. The summed E-state index contributed by atoms with van der Waals surface area (Å²) in [5.74, 6) is 1.19. The first kappa shape index (κ1) is 93.0. The van der Waals surface area contributed by atoms with Crippen LogP contribution in [-0.2, 0) is 35.4 Å². The highest BCUT2D eigenvalue weighted by atomic mass is 127. The molecule has 42 heteroatoms. The monoisotopic (exact) mass is 1680 g/mol. The Kier molecular flexibility index (Phi) is 43.2. The number of carbonyl (C=O) groups excluding carboxylic acids is 2. The maximum atomic E-state index is 13.9. The van der Waals surface area contributed by atoms with Gasteiger partial charge < -0.3 is 30.8 Å². The first-order chi connectivity index (χ1) is 46.6. The summed E-state index contributed by atoms with van der Waals surface area (Å²) in [6, 6.07) is 5.52. The van der Waals surface area contributed by atoms with E-state index in [2.05, 4.69) is 60.8 Å². The number of nitrogens with zero attached hydrogens (tertiary/aromatic N) is 18. The predicted octanol–water partition coefficient (Wildman–Crippen LogP) is 8.14. The second kappa shape index (κ2) is 47.4. The molecule has 2 aliphatic heterocycles. The van der Waals surface area contributed by atoms with Crippen molar-refractivity contribution in [2.45, 2.75) is 115 Å². The van der Waals surface area contributed by atoms with Gasteiger partial charge in [-0.05, 0) is 101 Å². The number of nitrogens with two attached hydrogens (primary N) is 2. The van der Waals surface area contributed by atoms with Crippen LogP contribution in [0.1, 0.15) is 86.8 Å². The van der Waals surface area contributed by atoms with Crippen molar-refractivity contribution in [2.75, 3.05) is 92.4 Å². The lowest BCUT2D eigenvalue weighted by molar-refractivity contribution is -0.122. The molecule has 4 fully saturated rings.